The minimum atomic E-state index is -0.172. The van der Waals surface area contributed by atoms with Crippen molar-refractivity contribution in [1.82, 2.24) is 25.0 Å². The molecule has 0 aliphatic carbocycles. The van der Waals surface area contributed by atoms with Gasteiger partial charge in [0.15, 0.2) is 0 Å². The number of piperidine rings is 1. The predicted octanol–water partition coefficient (Wildman–Crippen LogP) is -0.100. The quantitative estimate of drug-likeness (QED) is 0.839. The second kappa shape index (κ2) is 5.73. The zero-order valence-corrected chi connectivity index (χ0v) is 12.7. The molecule has 7 heteroatoms. The fourth-order valence-electron chi connectivity index (χ4n) is 2.98. The first-order chi connectivity index (χ1) is 10.1. The van der Waals surface area contributed by atoms with Crippen molar-refractivity contribution in [3.8, 4) is 0 Å². The van der Waals surface area contributed by atoms with E-state index in [4.69, 9.17) is 4.74 Å². The van der Waals surface area contributed by atoms with Crippen LogP contribution in [-0.2, 0) is 16.6 Å². The summed E-state index contributed by atoms with van der Waals surface area (Å²) < 4.78 is 7.68. The van der Waals surface area contributed by atoms with Gasteiger partial charge in [0.05, 0.1) is 5.60 Å². The lowest BCUT2D eigenvalue weighted by atomic mass is 9.97. The molecule has 1 N–H and O–H groups in total. The van der Waals surface area contributed by atoms with Crippen LogP contribution in [0.25, 0.3) is 0 Å². The maximum atomic E-state index is 12.3. The zero-order chi connectivity index (χ0) is 14.9. The number of hydrogen-bond donors (Lipinski definition) is 1. The van der Waals surface area contributed by atoms with Crippen molar-refractivity contribution in [2.75, 3.05) is 32.8 Å². The molecule has 0 radical (unpaired) electrons. The lowest BCUT2D eigenvalue weighted by Crippen LogP contribution is -2.59. The molecule has 7 nitrogen and oxygen atoms in total. The van der Waals surface area contributed by atoms with Gasteiger partial charge in [0.1, 0.15) is 18.8 Å². The van der Waals surface area contributed by atoms with Crippen molar-refractivity contribution in [3.05, 3.63) is 12.2 Å². The monoisotopic (exact) mass is 293 g/mol. The zero-order valence-electron chi connectivity index (χ0n) is 12.7. The molecule has 3 heterocycles. The van der Waals surface area contributed by atoms with Gasteiger partial charge in [-0.3, -0.25) is 4.79 Å². The number of hydrogen-bond acceptors (Lipinski definition) is 5. The van der Waals surface area contributed by atoms with Crippen molar-refractivity contribution in [1.29, 1.82) is 0 Å². The summed E-state index contributed by atoms with van der Waals surface area (Å²) in [4.78, 5) is 14.2. The SMILES string of the molecule is Cn1cnnc1C1CCCN(C(=O)COC2(C)CNC2)C1. The number of aryl methyl sites for hydroxylation is 1. The second-order valence-electron chi connectivity index (χ2n) is 6.32. The molecule has 1 unspecified atom stereocenters. The van der Waals surface area contributed by atoms with E-state index >= 15 is 0 Å². The summed E-state index contributed by atoms with van der Waals surface area (Å²) >= 11 is 0. The first-order valence-electron chi connectivity index (χ1n) is 7.54. The van der Waals surface area contributed by atoms with E-state index in [9.17, 15) is 4.79 Å². The highest BCUT2D eigenvalue weighted by atomic mass is 16.5. The lowest BCUT2D eigenvalue weighted by molar-refractivity contribution is -0.147. The van der Waals surface area contributed by atoms with Gasteiger partial charge in [-0.1, -0.05) is 0 Å². The molecule has 21 heavy (non-hydrogen) atoms. The third-order valence-corrected chi connectivity index (χ3v) is 4.43. The standard InChI is InChI=1S/C14H23N5O2/c1-14(8-15-9-14)21-7-12(20)19-5-3-4-11(6-19)13-17-16-10-18(13)2/h10-11,15H,3-9H2,1-2H3. The number of ether oxygens (including phenoxy) is 1. The predicted molar refractivity (Wildman–Crippen MR) is 76.8 cm³/mol. The van der Waals surface area contributed by atoms with Gasteiger partial charge in [-0.25, -0.2) is 0 Å². The maximum Gasteiger partial charge on any atom is 0.248 e. The smallest absolute Gasteiger partial charge is 0.248 e. The van der Waals surface area contributed by atoms with E-state index in [1.54, 1.807) is 6.33 Å². The summed E-state index contributed by atoms with van der Waals surface area (Å²) in [5.41, 5.74) is -0.172. The molecule has 1 amide bonds. The van der Waals surface area contributed by atoms with E-state index in [-0.39, 0.29) is 24.0 Å². The molecule has 116 valence electrons. The first kappa shape index (κ1) is 14.5. The van der Waals surface area contributed by atoms with Gasteiger partial charge in [0, 0.05) is 39.1 Å². The third kappa shape index (κ3) is 3.08. The Hall–Kier alpha value is -1.47. The normalized spacial score (nSPS) is 24.7. The van der Waals surface area contributed by atoms with Crippen molar-refractivity contribution < 1.29 is 9.53 Å². The van der Waals surface area contributed by atoms with Gasteiger partial charge < -0.3 is 19.5 Å². The Balaban J connectivity index is 1.55. The average molecular weight is 293 g/mol. The molecule has 1 aromatic heterocycles. The van der Waals surface area contributed by atoms with Crippen LogP contribution in [0.5, 0.6) is 0 Å². The Morgan fingerprint density at radius 1 is 1.57 bits per heavy atom. The molecule has 2 saturated heterocycles. The largest absolute Gasteiger partial charge is 0.363 e. The fourth-order valence-corrected chi connectivity index (χ4v) is 2.98. The number of likely N-dealkylation sites (tertiary alicyclic amines) is 1. The highest BCUT2D eigenvalue weighted by Gasteiger charge is 2.34. The summed E-state index contributed by atoms with van der Waals surface area (Å²) in [5, 5.41) is 11.3. The van der Waals surface area contributed by atoms with Crippen LogP contribution in [0, 0.1) is 0 Å². The van der Waals surface area contributed by atoms with E-state index in [1.807, 2.05) is 23.4 Å². The van der Waals surface area contributed by atoms with Gasteiger partial charge in [-0.05, 0) is 19.8 Å². The van der Waals surface area contributed by atoms with Gasteiger partial charge in [-0.2, -0.15) is 0 Å². The number of carbonyl (C=O) groups excluding carboxylic acids is 1. The molecule has 0 bridgehead atoms. The number of aromatic nitrogens is 3. The Kier molecular flexibility index (Phi) is 3.95. The molecule has 1 atom stereocenters. The van der Waals surface area contributed by atoms with E-state index in [1.165, 1.54) is 0 Å². The molecule has 2 aliphatic heterocycles. The number of nitrogens with zero attached hydrogens (tertiary/aromatic N) is 4. The minimum Gasteiger partial charge on any atom is -0.363 e. The molecule has 0 aromatic carbocycles. The van der Waals surface area contributed by atoms with Crippen LogP contribution in [0.1, 0.15) is 31.5 Å². The van der Waals surface area contributed by atoms with E-state index in [2.05, 4.69) is 15.5 Å². The Labute approximate surface area is 124 Å². The topological polar surface area (TPSA) is 72.3 Å². The van der Waals surface area contributed by atoms with Crippen LogP contribution in [0.3, 0.4) is 0 Å². The van der Waals surface area contributed by atoms with E-state index < -0.39 is 0 Å². The fraction of sp³-hybridized carbons (Fsp3) is 0.786. The molecular weight excluding hydrogens is 270 g/mol. The van der Waals surface area contributed by atoms with Crippen LogP contribution in [0.15, 0.2) is 6.33 Å². The molecule has 1 aromatic rings. The van der Waals surface area contributed by atoms with Gasteiger partial charge in [0.25, 0.3) is 0 Å². The summed E-state index contributed by atoms with van der Waals surface area (Å²) in [5.74, 6) is 1.31. The Morgan fingerprint density at radius 2 is 2.38 bits per heavy atom. The van der Waals surface area contributed by atoms with Gasteiger partial charge >= 0.3 is 0 Å². The number of amides is 1. The number of nitrogens with one attached hydrogen (secondary N) is 1. The van der Waals surface area contributed by atoms with Crippen LogP contribution < -0.4 is 5.32 Å². The summed E-state index contributed by atoms with van der Waals surface area (Å²) in [6.07, 6.45) is 3.77. The van der Waals surface area contributed by atoms with Crippen LogP contribution >= 0.6 is 0 Å². The van der Waals surface area contributed by atoms with Crippen molar-refractivity contribution >= 4 is 5.91 Å². The van der Waals surface area contributed by atoms with Gasteiger partial charge in [-0.15, -0.1) is 10.2 Å². The molecule has 2 aliphatic rings. The molecule has 0 spiro atoms. The highest BCUT2D eigenvalue weighted by Crippen LogP contribution is 2.25. The van der Waals surface area contributed by atoms with Crippen LogP contribution in [0.4, 0.5) is 0 Å². The molecule has 0 saturated carbocycles. The van der Waals surface area contributed by atoms with Crippen molar-refractivity contribution in [2.45, 2.75) is 31.3 Å². The summed E-state index contributed by atoms with van der Waals surface area (Å²) in [7, 11) is 1.95. The molecule has 3 rings (SSSR count). The Morgan fingerprint density at radius 3 is 3.00 bits per heavy atom. The number of carbonyl (C=O) groups is 1. The summed E-state index contributed by atoms with van der Waals surface area (Å²) in [6, 6.07) is 0. The minimum absolute atomic E-state index is 0.0787. The van der Waals surface area contributed by atoms with Crippen molar-refractivity contribution in [2.24, 2.45) is 7.05 Å². The highest BCUT2D eigenvalue weighted by molar-refractivity contribution is 5.77. The van der Waals surface area contributed by atoms with E-state index in [0.717, 1.165) is 38.3 Å². The second-order valence-corrected chi connectivity index (χ2v) is 6.32. The van der Waals surface area contributed by atoms with Crippen LogP contribution in [0.2, 0.25) is 0 Å². The molecular formula is C14H23N5O2. The average Bonchev–Trinajstić information content (AvgIpc) is 2.89. The third-order valence-electron chi connectivity index (χ3n) is 4.43. The van der Waals surface area contributed by atoms with Crippen LogP contribution in [-0.4, -0.2) is 64.0 Å². The summed E-state index contributed by atoms with van der Waals surface area (Å²) in [6.45, 7) is 5.37. The maximum absolute atomic E-state index is 12.3. The van der Waals surface area contributed by atoms with Crippen molar-refractivity contribution in [3.63, 3.8) is 0 Å². The lowest BCUT2D eigenvalue weighted by Gasteiger charge is -2.39. The Bertz CT molecular complexity index is 511. The van der Waals surface area contributed by atoms with E-state index in [0.29, 0.717) is 6.54 Å². The first-order valence-corrected chi connectivity index (χ1v) is 7.54. The molecule has 2 fully saturated rings. The van der Waals surface area contributed by atoms with Gasteiger partial charge in [0.2, 0.25) is 5.91 Å². The number of rotatable bonds is 4.